The molecule has 0 spiro atoms. The van der Waals surface area contributed by atoms with E-state index in [-0.39, 0.29) is 5.82 Å². The summed E-state index contributed by atoms with van der Waals surface area (Å²) in [5.74, 6) is 1.65. The van der Waals surface area contributed by atoms with Crippen molar-refractivity contribution in [2.45, 2.75) is 38.5 Å². The van der Waals surface area contributed by atoms with Crippen LogP contribution in [0.5, 0.6) is 0 Å². The van der Waals surface area contributed by atoms with E-state index in [0.717, 1.165) is 37.0 Å². The summed E-state index contributed by atoms with van der Waals surface area (Å²) in [6.07, 6.45) is 7.83. The van der Waals surface area contributed by atoms with E-state index in [2.05, 4.69) is 15.6 Å². The maximum absolute atomic E-state index is 12.9. The summed E-state index contributed by atoms with van der Waals surface area (Å²) in [5, 5.41) is 6.87. The molecule has 2 aliphatic rings. The lowest BCUT2D eigenvalue weighted by atomic mass is 9.65. The minimum Gasteiger partial charge on any atom is -0.356 e. The molecule has 120 valence electrons. The van der Waals surface area contributed by atoms with Crippen LogP contribution < -0.4 is 10.6 Å². The molecule has 3 nitrogen and oxygen atoms in total. The van der Waals surface area contributed by atoms with Crippen molar-refractivity contribution in [3.05, 3.63) is 35.6 Å². The van der Waals surface area contributed by atoms with Gasteiger partial charge < -0.3 is 10.6 Å². The van der Waals surface area contributed by atoms with Gasteiger partial charge in [-0.05, 0) is 61.1 Å². The van der Waals surface area contributed by atoms with E-state index in [4.69, 9.17) is 0 Å². The van der Waals surface area contributed by atoms with Crippen molar-refractivity contribution in [2.24, 2.45) is 16.3 Å². The number of nitrogens with one attached hydrogen (secondary N) is 2. The van der Waals surface area contributed by atoms with E-state index in [1.165, 1.54) is 44.2 Å². The van der Waals surface area contributed by atoms with Crippen molar-refractivity contribution in [2.75, 3.05) is 20.1 Å². The highest BCUT2D eigenvalue weighted by Gasteiger charge is 2.48. The summed E-state index contributed by atoms with van der Waals surface area (Å²) in [6, 6.07) is 6.70. The maximum Gasteiger partial charge on any atom is 0.191 e. The van der Waals surface area contributed by atoms with Gasteiger partial charge in [0.2, 0.25) is 0 Å². The van der Waals surface area contributed by atoms with Crippen molar-refractivity contribution in [3.8, 4) is 0 Å². The molecule has 0 heterocycles. The van der Waals surface area contributed by atoms with Gasteiger partial charge in [-0.2, -0.15) is 0 Å². The second-order valence-corrected chi connectivity index (χ2v) is 6.72. The fourth-order valence-corrected chi connectivity index (χ4v) is 3.51. The Morgan fingerprint density at radius 2 is 1.95 bits per heavy atom. The number of benzene rings is 1. The molecule has 22 heavy (non-hydrogen) atoms. The Morgan fingerprint density at radius 1 is 1.23 bits per heavy atom. The van der Waals surface area contributed by atoms with E-state index in [1.807, 2.05) is 19.2 Å². The SMILES string of the molecule is CN=C(NCCc1ccc(F)cc1)NCC1(C2CC2)CCC1. The van der Waals surface area contributed by atoms with Crippen LogP contribution in [0, 0.1) is 17.2 Å². The molecule has 4 heteroatoms. The molecule has 0 amide bonds. The first-order valence-electron chi connectivity index (χ1n) is 8.41. The molecule has 0 unspecified atom stereocenters. The molecule has 0 aliphatic heterocycles. The largest absolute Gasteiger partial charge is 0.356 e. The molecule has 1 aromatic carbocycles. The predicted octanol–water partition coefficient (Wildman–Crippen LogP) is 3.11. The third-order valence-electron chi connectivity index (χ3n) is 5.24. The summed E-state index contributed by atoms with van der Waals surface area (Å²) in [5.41, 5.74) is 1.69. The third-order valence-corrected chi connectivity index (χ3v) is 5.24. The van der Waals surface area contributed by atoms with E-state index >= 15 is 0 Å². The Bertz CT molecular complexity index is 516. The highest BCUT2D eigenvalue weighted by Crippen LogP contribution is 2.56. The normalized spacial score (nSPS) is 20.4. The zero-order valence-corrected chi connectivity index (χ0v) is 13.4. The van der Waals surface area contributed by atoms with Gasteiger partial charge in [0.05, 0.1) is 0 Å². The topological polar surface area (TPSA) is 36.4 Å². The summed E-state index contributed by atoms with van der Waals surface area (Å²) >= 11 is 0. The quantitative estimate of drug-likeness (QED) is 0.626. The first-order chi connectivity index (χ1) is 10.7. The van der Waals surface area contributed by atoms with Crippen LogP contribution in [-0.4, -0.2) is 26.1 Å². The van der Waals surface area contributed by atoms with Gasteiger partial charge in [0.15, 0.2) is 5.96 Å². The molecular formula is C18H26FN3. The Kier molecular flexibility index (Phi) is 4.65. The highest BCUT2D eigenvalue weighted by molar-refractivity contribution is 5.79. The number of hydrogen-bond donors (Lipinski definition) is 2. The lowest BCUT2D eigenvalue weighted by molar-refractivity contribution is 0.106. The van der Waals surface area contributed by atoms with Crippen molar-refractivity contribution in [1.82, 2.24) is 10.6 Å². The van der Waals surface area contributed by atoms with Gasteiger partial charge >= 0.3 is 0 Å². The van der Waals surface area contributed by atoms with Gasteiger partial charge in [0, 0.05) is 20.1 Å². The summed E-state index contributed by atoms with van der Waals surface area (Å²) in [6.45, 7) is 1.86. The van der Waals surface area contributed by atoms with Gasteiger partial charge in [-0.25, -0.2) is 4.39 Å². The lowest BCUT2D eigenvalue weighted by Gasteiger charge is -2.43. The number of aliphatic imine (C=N–C) groups is 1. The van der Waals surface area contributed by atoms with Crippen LogP contribution in [0.25, 0.3) is 0 Å². The Balaban J connectivity index is 1.41. The maximum atomic E-state index is 12.9. The molecule has 2 fully saturated rings. The van der Waals surface area contributed by atoms with Crippen LogP contribution in [0.2, 0.25) is 0 Å². The number of rotatable bonds is 6. The Labute approximate surface area is 132 Å². The Morgan fingerprint density at radius 3 is 2.50 bits per heavy atom. The molecule has 1 aromatic rings. The van der Waals surface area contributed by atoms with Crippen LogP contribution >= 0.6 is 0 Å². The highest BCUT2D eigenvalue weighted by atomic mass is 19.1. The minimum atomic E-state index is -0.181. The average Bonchev–Trinajstić information content (AvgIpc) is 3.31. The standard InChI is InChI=1S/C18H26FN3/c1-20-17(21-12-9-14-3-7-16(19)8-4-14)22-13-18(10-2-11-18)15-5-6-15/h3-4,7-8,15H,2,5-6,9-13H2,1H3,(H2,20,21,22). The van der Waals surface area contributed by atoms with Crippen LogP contribution in [-0.2, 0) is 6.42 Å². The van der Waals surface area contributed by atoms with Crippen LogP contribution in [0.15, 0.2) is 29.3 Å². The average molecular weight is 303 g/mol. The first kappa shape index (κ1) is 15.3. The molecule has 2 saturated carbocycles. The number of hydrogen-bond acceptors (Lipinski definition) is 1. The number of guanidine groups is 1. The van der Waals surface area contributed by atoms with Gasteiger partial charge in [-0.1, -0.05) is 18.6 Å². The number of halogens is 1. The monoisotopic (exact) mass is 303 g/mol. The van der Waals surface area contributed by atoms with E-state index in [9.17, 15) is 4.39 Å². The second kappa shape index (κ2) is 6.67. The molecule has 0 bridgehead atoms. The summed E-state index contributed by atoms with van der Waals surface area (Å²) in [7, 11) is 1.82. The third kappa shape index (κ3) is 3.60. The first-order valence-corrected chi connectivity index (χ1v) is 8.41. The van der Waals surface area contributed by atoms with E-state index in [0.29, 0.717) is 5.41 Å². The van der Waals surface area contributed by atoms with Gasteiger partial charge in [-0.3, -0.25) is 4.99 Å². The van der Waals surface area contributed by atoms with Crippen LogP contribution in [0.4, 0.5) is 4.39 Å². The number of nitrogens with zero attached hydrogens (tertiary/aromatic N) is 1. The molecule has 0 saturated heterocycles. The molecule has 3 rings (SSSR count). The van der Waals surface area contributed by atoms with E-state index in [1.54, 1.807) is 0 Å². The zero-order valence-electron chi connectivity index (χ0n) is 13.4. The zero-order chi connectivity index (χ0) is 15.4. The van der Waals surface area contributed by atoms with Crippen molar-refractivity contribution < 1.29 is 4.39 Å². The van der Waals surface area contributed by atoms with Crippen molar-refractivity contribution >= 4 is 5.96 Å². The van der Waals surface area contributed by atoms with Gasteiger partial charge in [0.1, 0.15) is 5.82 Å². The van der Waals surface area contributed by atoms with Gasteiger partial charge in [-0.15, -0.1) is 0 Å². The van der Waals surface area contributed by atoms with Crippen LogP contribution in [0.3, 0.4) is 0 Å². The van der Waals surface area contributed by atoms with Gasteiger partial charge in [0.25, 0.3) is 0 Å². The molecule has 2 N–H and O–H groups in total. The fourth-order valence-electron chi connectivity index (χ4n) is 3.51. The second-order valence-electron chi connectivity index (χ2n) is 6.72. The molecule has 0 radical (unpaired) electrons. The molecular weight excluding hydrogens is 277 g/mol. The predicted molar refractivity (Wildman–Crippen MR) is 88.5 cm³/mol. The molecule has 0 atom stereocenters. The lowest BCUT2D eigenvalue weighted by Crippen LogP contribution is -2.47. The van der Waals surface area contributed by atoms with Crippen LogP contribution in [0.1, 0.15) is 37.7 Å². The van der Waals surface area contributed by atoms with E-state index < -0.39 is 0 Å². The Hall–Kier alpha value is -1.58. The van der Waals surface area contributed by atoms with Crippen molar-refractivity contribution in [3.63, 3.8) is 0 Å². The smallest absolute Gasteiger partial charge is 0.191 e. The summed E-state index contributed by atoms with van der Waals surface area (Å²) < 4.78 is 12.9. The van der Waals surface area contributed by atoms with Crippen molar-refractivity contribution in [1.29, 1.82) is 0 Å². The molecule has 0 aromatic heterocycles. The molecule has 2 aliphatic carbocycles. The summed E-state index contributed by atoms with van der Waals surface area (Å²) in [4.78, 5) is 4.31. The fraction of sp³-hybridized carbons (Fsp3) is 0.611. The minimum absolute atomic E-state index is 0.181.